The van der Waals surface area contributed by atoms with Gasteiger partial charge in [0.2, 0.25) is 5.95 Å². The number of pyridine rings is 1. The first kappa shape index (κ1) is 11.5. The summed E-state index contributed by atoms with van der Waals surface area (Å²) in [6.45, 7) is 4.78. The quantitative estimate of drug-likeness (QED) is 0.871. The van der Waals surface area contributed by atoms with Crippen molar-refractivity contribution in [3.63, 3.8) is 0 Å². The van der Waals surface area contributed by atoms with Crippen molar-refractivity contribution in [1.29, 1.82) is 0 Å². The zero-order valence-corrected chi connectivity index (χ0v) is 10.1. The summed E-state index contributed by atoms with van der Waals surface area (Å²) >= 11 is 0. The SMILES string of the molecule is Cc1cc(C)nc(NCCc2ccncc2)n1. The van der Waals surface area contributed by atoms with Gasteiger partial charge >= 0.3 is 0 Å². The van der Waals surface area contributed by atoms with Crippen LogP contribution in [0.4, 0.5) is 5.95 Å². The van der Waals surface area contributed by atoms with Gasteiger partial charge in [0.05, 0.1) is 0 Å². The fourth-order valence-corrected chi connectivity index (χ4v) is 1.67. The second-order valence-corrected chi connectivity index (χ2v) is 4.01. The third-order valence-electron chi connectivity index (χ3n) is 2.43. The van der Waals surface area contributed by atoms with Crippen LogP contribution >= 0.6 is 0 Å². The topological polar surface area (TPSA) is 50.7 Å². The molecule has 4 nitrogen and oxygen atoms in total. The van der Waals surface area contributed by atoms with Crippen LogP contribution in [-0.2, 0) is 6.42 Å². The number of rotatable bonds is 4. The Bertz CT molecular complexity index is 462. The molecular weight excluding hydrogens is 212 g/mol. The first-order valence-corrected chi connectivity index (χ1v) is 5.69. The van der Waals surface area contributed by atoms with E-state index >= 15 is 0 Å². The van der Waals surface area contributed by atoms with Gasteiger partial charge in [0.25, 0.3) is 0 Å². The van der Waals surface area contributed by atoms with Crippen LogP contribution in [0.25, 0.3) is 0 Å². The summed E-state index contributed by atoms with van der Waals surface area (Å²) in [5, 5.41) is 3.23. The van der Waals surface area contributed by atoms with Crippen LogP contribution in [0, 0.1) is 13.8 Å². The number of anilines is 1. The first-order chi connectivity index (χ1) is 8.24. The molecular formula is C13H16N4. The predicted molar refractivity (Wildman–Crippen MR) is 67.9 cm³/mol. The van der Waals surface area contributed by atoms with Crippen molar-refractivity contribution in [1.82, 2.24) is 15.0 Å². The lowest BCUT2D eigenvalue weighted by atomic mass is 10.2. The van der Waals surface area contributed by atoms with Crippen molar-refractivity contribution in [2.24, 2.45) is 0 Å². The molecule has 0 bridgehead atoms. The monoisotopic (exact) mass is 228 g/mol. The molecule has 0 unspecified atom stereocenters. The van der Waals surface area contributed by atoms with E-state index in [-0.39, 0.29) is 0 Å². The van der Waals surface area contributed by atoms with E-state index in [4.69, 9.17) is 0 Å². The van der Waals surface area contributed by atoms with E-state index in [0.717, 1.165) is 24.4 Å². The molecule has 0 fully saturated rings. The van der Waals surface area contributed by atoms with Crippen molar-refractivity contribution in [3.8, 4) is 0 Å². The van der Waals surface area contributed by atoms with Crippen molar-refractivity contribution in [2.75, 3.05) is 11.9 Å². The van der Waals surface area contributed by atoms with Gasteiger partial charge in [0.1, 0.15) is 0 Å². The molecule has 0 spiro atoms. The molecule has 0 aromatic carbocycles. The van der Waals surface area contributed by atoms with Gasteiger partial charge in [0, 0.05) is 30.3 Å². The van der Waals surface area contributed by atoms with E-state index in [9.17, 15) is 0 Å². The molecule has 2 heterocycles. The lowest BCUT2D eigenvalue weighted by molar-refractivity contribution is 0.960. The first-order valence-electron chi connectivity index (χ1n) is 5.69. The highest BCUT2D eigenvalue weighted by molar-refractivity contribution is 5.28. The summed E-state index contributed by atoms with van der Waals surface area (Å²) in [6.07, 6.45) is 4.56. The summed E-state index contributed by atoms with van der Waals surface area (Å²) in [6, 6.07) is 6.00. The van der Waals surface area contributed by atoms with Gasteiger partial charge < -0.3 is 5.32 Å². The van der Waals surface area contributed by atoms with Gasteiger partial charge in [-0.2, -0.15) is 0 Å². The van der Waals surface area contributed by atoms with E-state index in [1.54, 1.807) is 0 Å². The van der Waals surface area contributed by atoms with Crippen LogP contribution in [0.15, 0.2) is 30.6 Å². The molecule has 0 saturated heterocycles. The highest BCUT2D eigenvalue weighted by Crippen LogP contribution is 2.04. The van der Waals surface area contributed by atoms with Gasteiger partial charge in [-0.1, -0.05) is 0 Å². The predicted octanol–water partition coefficient (Wildman–Crippen LogP) is 2.14. The zero-order valence-electron chi connectivity index (χ0n) is 10.1. The second kappa shape index (κ2) is 5.39. The van der Waals surface area contributed by atoms with Gasteiger partial charge in [-0.05, 0) is 44.0 Å². The third-order valence-corrected chi connectivity index (χ3v) is 2.43. The van der Waals surface area contributed by atoms with Crippen LogP contribution < -0.4 is 5.32 Å². The molecule has 88 valence electrons. The average Bonchev–Trinajstić information content (AvgIpc) is 2.29. The smallest absolute Gasteiger partial charge is 0.223 e. The number of nitrogens with zero attached hydrogens (tertiary/aromatic N) is 3. The number of aryl methyl sites for hydroxylation is 2. The molecule has 0 atom stereocenters. The lowest BCUT2D eigenvalue weighted by Gasteiger charge is -2.06. The third kappa shape index (κ3) is 3.52. The van der Waals surface area contributed by atoms with Gasteiger partial charge in [-0.15, -0.1) is 0 Å². The maximum atomic E-state index is 4.33. The van der Waals surface area contributed by atoms with Gasteiger partial charge in [0.15, 0.2) is 0 Å². The Kier molecular flexibility index (Phi) is 3.65. The summed E-state index contributed by atoms with van der Waals surface area (Å²) < 4.78 is 0. The zero-order chi connectivity index (χ0) is 12.1. The van der Waals surface area contributed by atoms with Crippen LogP contribution in [0.3, 0.4) is 0 Å². The van der Waals surface area contributed by atoms with E-state index in [2.05, 4.69) is 20.3 Å². The Morgan fingerprint density at radius 2 is 1.71 bits per heavy atom. The van der Waals surface area contributed by atoms with Crippen molar-refractivity contribution in [2.45, 2.75) is 20.3 Å². The summed E-state index contributed by atoms with van der Waals surface area (Å²) in [7, 11) is 0. The summed E-state index contributed by atoms with van der Waals surface area (Å²) in [5.74, 6) is 0.705. The molecule has 0 aliphatic carbocycles. The van der Waals surface area contributed by atoms with E-state index in [1.807, 2.05) is 44.4 Å². The fourth-order valence-electron chi connectivity index (χ4n) is 1.67. The Balaban J connectivity index is 1.90. The molecule has 0 aliphatic heterocycles. The minimum absolute atomic E-state index is 0.705. The van der Waals surface area contributed by atoms with Crippen molar-refractivity contribution in [3.05, 3.63) is 47.5 Å². The Labute approximate surface area is 101 Å². The Hall–Kier alpha value is -1.97. The lowest BCUT2D eigenvalue weighted by Crippen LogP contribution is -2.09. The minimum atomic E-state index is 0.705. The highest BCUT2D eigenvalue weighted by Gasteiger charge is 1.98. The molecule has 4 heteroatoms. The number of hydrogen-bond acceptors (Lipinski definition) is 4. The largest absolute Gasteiger partial charge is 0.354 e. The van der Waals surface area contributed by atoms with Crippen LogP contribution in [0.5, 0.6) is 0 Å². The van der Waals surface area contributed by atoms with Crippen molar-refractivity contribution >= 4 is 5.95 Å². The number of hydrogen-bond donors (Lipinski definition) is 1. The number of nitrogens with one attached hydrogen (secondary N) is 1. The van der Waals surface area contributed by atoms with E-state index in [1.165, 1.54) is 5.56 Å². The standard InChI is InChI=1S/C13H16N4/c1-10-9-11(2)17-13(16-10)15-8-5-12-3-6-14-7-4-12/h3-4,6-7,9H,5,8H2,1-2H3,(H,15,16,17). The molecule has 0 radical (unpaired) electrons. The molecule has 0 saturated carbocycles. The molecule has 2 rings (SSSR count). The van der Waals surface area contributed by atoms with E-state index in [0.29, 0.717) is 5.95 Å². The molecule has 0 aliphatic rings. The fraction of sp³-hybridized carbons (Fsp3) is 0.308. The minimum Gasteiger partial charge on any atom is -0.354 e. The van der Waals surface area contributed by atoms with Crippen LogP contribution in [0.1, 0.15) is 17.0 Å². The van der Waals surface area contributed by atoms with Gasteiger partial charge in [-0.3, -0.25) is 4.98 Å². The van der Waals surface area contributed by atoms with Crippen LogP contribution in [0.2, 0.25) is 0 Å². The molecule has 2 aromatic heterocycles. The van der Waals surface area contributed by atoms with Gasteiger partial charge in [-0.25, -0.2) is 9.97 Å². The maximum absolute atomic E-state index is 4.33. The summed E-state index contributed by atoms with van der Waals surface area (Å²) in [5.41, 5.74) is 3.24. The van der Waals surface area contributed by atoms with Crippen LogP contribution in [-0.4, -0.2) is 21.5 Å². The second-order valence-electron chi connectivity index (χ2n) is 4.01. The maximum Gasteiger partial charge on any atom is 0.223 e. The average molecular weight is 228 g/mol. The molecule has 17 heavy (non-hydrogen) atoms. The molecule has 2 aromatic rings. The van der Waals surface area contributed by atoms with Crippen molar-refractivity contribution < 1.29 is 0 Å². The molecule has 0 amide bonds. The molecule has 1 N–H and O–H groups in total. The Morgan fingerprint density at radius 3 is 2.35 bits per heavy atom. The summed E-state index contributed by atoms with van der Waals surface area (Å²) in [4.78, 5) is 12.7. The number of aromatic nitrogens is 3. The van der Waals surface area contributed by atoms with E-state index < -0.39 is 0 Å². The normalized spacial score (nSPS) is 10.2. The Morgan fingerprint density at radius 1 is 1.06 bits per heavy atom. The highest BCUT2D eigenvalue weighted by atomic mass is 15.1.